The number of amides is 1. The number of rotatable bonds is 4. The van der Waals surface area contributed by atoms with Gasteiger partial charge >= 0.3 is 0 Å². The fraction of sp³-hybridized carbons (Fsp3) is 0.500. The van der Waals surface area contributed by atoms with Gasteiger partial charge in [0.05, 0.1) is 12.8 Å². The van der Waals surface area contributed by atoms with Crippen molar-refractivity contribution in [3.63, 3.8) is 0 Å². The SMILES string of the molecule is COc1cc(C)c(C)cc1NC(=O)CC(C)(C)N. The van der Waals surface area contributed by atoms with Crippen LogP contribution in [0.15, 0.2) is 12.1 Å². The summed E-state index contributed by atoms with van der Waals surface area (Å²) in [7, 11) is 1.59. The molecule has 4 heteroatoms. The Morgan fingerprint density at radius 1 is 1.33 bits per heavy atom. The van der Waals surface area contributed by atoms with E-state index in [2.05, 4.69) is 5.32 Å². The summed E-state index contributed by atoms with van der Waals surface area (Å²) in [5, 5.41) is 2.84. The van der Waals surface area contributed by atoms with Crippen LogP contribution in [-0.2, 0) is 4.79 Å². The number of nitrogens with two attached hydrogens (primary N) is 1. The largest absolute Gasteiger partial charge is 0.495 e. The van der Waals surface area contributed by atoms with Gasteiger partial charge in [-0.25, -0.2) is 0 Å². The Bertz CT molecular complexity index is 448. The predicted molar refractivity (Wildman–Crippen MR) is 74.0 cm³/mol. The second kappa shape index (κ2) is 5.40. The number of aryl methyl sites for hydroxylation is 2. The smallest absolute Gasteiger partial charge is 0.226 e. The first-order valence-electron chi connectivity index (χ1n) is 5.97. The number of hydrogen-bond donors (Lipinski definition) is 2. The van der Waals surface area contributed by atoms with E-state index in [9.17, 15) is 4.79 Å². The van der Waals surface area contributed by atoms with Crippen LogP contribution in [0.3, 0.4) is 0 Å². The molecule has 0 spiro atoms. The molecule has 4 nitrogen and oxygen atoms in total. The van der Waals surface area contributed by atoms with Crippen LogP contribution in [0.5, 0.6) is 5.75 Å². The Morgan fingerprint density at radius 2 is 1.89 bits per heavy atom. The zero-order valence-corrected chi connectivity index (χ0v) is 11.8. The van der Waals surface area contributed by atoms with Crippen molar-refractivity contribution in [2.24, 2.45) is 5.73 Å². The third-order valence-corrected chi connectivity index (χ3v) is 2.71. The summed E-state index contributed by atoms with van der Waals surface area (Å²) in [4.78, 5) is 11.8. The number of carbonyl (C=O) groups is 1. The van der Waals surface area contributed by atoms with Gasteiger partial charge in [0.2, 0.25) is 5.91 Å². The van der Waals surface area contributed by atoms with Crippen LogP contribution in [0, 0.1) is 13.8 Å². The maximum Gasteiger partial charge on any atom is 0.226 e. The van der Waals surface area contributed by atoms with E-state index in [0.717, 1.165) is 11.1 Å². The molecule has 100 valence electrons. The molecule has 0 radical (unpaired) electrons. The molecule has 1 aromatic carbocycles. The first kappa shape index (κ1) is 14.5. The van der Waals surface area contributed by atoms with Crippen LogP contribution in [0.1, 0.15) is 31.4 Å². The van der Waals surface area contributed by atoms with Crippen LogP contribution < -0.4 is 15.8 Å². The quantitative estimate of drug-likeness (QED) is 0.862. The normalized spacial score (nSPS) is 11.2. The van der Waals surface area contributed by atoms with E-state index < -0.39 is 5.54 Å². The molecule has 0 heterocycles. The van der Waals surface area contributed by atoms with Gasteiger partial charge in [0, 0.05) is 12.0 Å². The van der Waals surface area contributed by atoms with Gasteiger partial charge in [-0.1, -0.05) is 0 Å². The van der Waals surface area contributed by atoms with E-state index in [-0.39, 0.29) is 12.3 Å². The lowest BCUT2D eigenvalue weighted by Crippen LogP contribution is -2.36. The molecular formula is C14H22N2O2. The van der Waals surface area contributed by atoms with Crippen molar-refractivity contribution in [2.45, 2.75) is 39.7 Å². The minimum atomic E-state index is -0.517. The average Bonchev–Trinajstić information content (AvgIpc) is 2.20. The van der Waals surface area contributed by atoms with Crippen molar-refractivity contribution in [1.82, 2.24) is 0 Å². The minimum Gasteiger partial charge on any atom is -0.495 e. The van der Waals surface area contributed by atoms with Gasteiger partial charge in [-0.2, -0.15) is 0 Å². The standard InChI is InChI=1S/C14H22N2O2/c1-9-6-11(12(18-5)7-10(9)2)16-13(17)8-14(3,4)15/h6-7H,8,15H2,1-5H3,(H,16,17). The van der Waals surface area contributed by atoms with Crippen molar-refractivity contribution in [1.29, 1.82) is 0 Å². The van der Waals surface area contributed by atoms with Crippen molar-refractivity contribution >= 4 is 11.6 Å². The molecule has 1 amide bonds. The van der Waals surface area contributed by atoms with Gasteiger partial charge in [-0.3, -0.25) is 4.79 Å². The molecule has 0 bridgehead atoms. The van der Waals surface area contributed by atoms with E-state index in [1.54, 1.807) is 7.11 Å². The Kier molecular flexibility index (Phi) is 4.35. The molecule has 0 aliphatic rings. The Hall–Kier alpha value is -1.55. The Labute approximate surface area is 109 Å². The molecule has 0 aromatic heterocycles. The topological polar surface area (TPSA) is 64.3 Å². The van der Waals surface area contributed by atoms with Crippen LogP contribution in [0.2, 0.25) is 0 Å². The second-order valence-electron chi connectivity index (χ2n) is 5.35. The summed E-state index contributed by atoms with van der Waals surface area (Å²) in [6.45, 7) is 7.65. The van der Waals surface area contributed by atoms with Crippen molar-refractivity contribution < 1.29 is 9.53 Å². The Morgan fingerprint density at radius 3 is 2.39 bits per heavy atom. The van der Waals surface area contributed by atoms with Crippen LogP contribution in [-0.4, -0.2) is 18.6 Å². The van der Waals surface area contributed by atoms with Gasteiger partial charge in [0.25, 0.3) is 0 Å². The first-order valence-corrected chi connectivity index (χ1v) is 5.97. The maximum absolute atomic E-state index is 11.8. The van der Waals surface area contributed by atoms with Crippen molar-refractivity contribution in [3.05, 3.63) is 23.3 Å². The number of benzene rings is 1. The first-order chi connectivity index (χ1) is 8.23. The van der Waals surface area contributed by atoms with E-state index in [1.165, 1.54) is 0 Å². The lowest BCUT2D eigenvalue weighted by atomic mass is 10.0. The fourth-order valence-electron chi connectivity index (χ4n) is 1.66. The van der Waals surface area contributed by atoms with E-state index in [1.807, 2.05) is 39.8 Å². The summed E-state index contributed by atoms with van der Waals surface area (Å²) < 4.78 is 5.27. The van der Waals surface area contributed by atoms with Gasteiger partial charge < -0.3 is 15.8 Å². The van der Waals surface area contributed by atoms with E-state index >= 15 is 0 Å². The van der Waals surface area contributed by atoms with Crippen molar-refractivity contribution in [3.8, 4) is 5.75 Å². The summed E-state index contributed by atoms with van der Waals surface area (Å²) in [6.07, 6.45) is 0.267. The van der Waals surface area contributed by atoms with E-state index in [0.29, 0.717) is 11.4 Å². The van der Waals surface area contributed by atoms with Crippen LogP contribution >= 0.6 is 0 Å². The summed E-state index contributed by atoms with van der Waals surface area (Å²) in [5.74, 6) is 0.560. The summed E-state index contributed by atoms with van der Waals surface area (Å²) in [6, 6.07) is 3.83. The molecule has 0 aliphatic heterocycles. The predicted octanol–water partition coefficient (Wildman–Crippen LogP) is 2.38. The summed E-state index contributed by atoms with van der Waals surface area (Å²) in [5.41, 5.74) is 8.23. The lowest BCUT2D eigenvalue weighted by molar-refractivity contribution is -0.117. The van der Waals surface area contributed by atoms with Gasteiger partial charge in [0.1, 0.15) is 5.75 Å². The maximum atomic E-state index is 11.8. The average molecular weight is 250 g/mol. The second-order valence-corrected chi connectivity index (χ2v) is 5.35. The van der Waals surface area contributed by atoms with Crippen LogP contribution in [0.4, 0.5) is 5.69 Å². The molecule has 18 heavy (non-hydrogen) atoms. The molecule has 0 unspecified atom stereocenters. The third-order valence-electron chi connectivity index (χ3n) is 2.71. The highest BCUT2D eigenvalue weighted by molar-refractivity contribution is 5.93. The number of carbonyl (C=O) groups excluding carboxylic acids is 1. The van der Waals surface area contributed by atoms with E-state index in [4.69, 9.17) is 10.5 Å². The zero-order valence-electron chi connectivity index (χ0n) is 11.8. The van der Waals surface area contributed by atoms with Gasteiger partial charge in [-0.05, 0) is 51.0 Å². The number of nitrogens with one attached hydrogen (secondary N) is 1. The van der Waals surface area contributed by atoms with Crippen molar-refractivity contribution in [2.75, 3.05) is 12.4 Å². The molecule has 3 N–H and O–H groups in total. The number of hydrogen-bond acceptors (Lipinski definition) is 3. The lowest BCUT2D eigenvalue weighted by Gasteiger charge is -2.19. The van der Waals surface area contributed by atoms with Gasteiger partial charge in [-0.15, -0.1) is 0 Å². The zero-order chi connectivity index (χ0) is 13.9. The number of anilines is 1. The Balaban J connectivity index is 2.90. The third kappa shape index (κ3) is 4.04. The highest BCUT2D eigenvalue weighted by Crippen LogP contribution is 2.28. The molecule has 1 rings (SSSR count). The molecule has 1 aromatic rings. The highest BCUT2D eigenvalue weighted by atomic mass is 16.5. The summed E-state index contributed by atoms with van der Waals surface area (Å²) >= 11 is 0. The van der Waals surface area contributed by atoms with Gasteiger partial charge in [0.15, 0.2) is 0 Å². The fourth-order valence-corrected chi connectivity index (χ4v) is 1.66. The number of ether oxygens (including phenoxy) is 1. The molecular weight excluding hydrogens is 228 g/mol. The highest BCUT2D eigenvalue weighted by Gasteiger charge is 2.17. The van der Waals surface area contributed by atoms with Crippen LogP contribution in [0.25, 0.3) is 0 Å². The molecule has 0 fully saturated rings. The molecule has 0 aliphatic carbocycles. The molecule has 0 saturated heterocycles. The number of methoxy groups -OCH3 is 1. The molecule has 0 saturated carbocycles. The molecule has 0 atom stereocenters. The monoisotopic (exact) mass is 250 g/mol. The minimum absolute atomic E-state index is 0.107.